The van der Waals surface area contributed by atoms with E-state index in [1.807, 2.05) is 19.2 Å². The third-order valence-corrected chi connectivity index (χ3v) is 0. The van der Waals surface area contributed by atoms with Crippen molar-refractivity contribution < 1.29 is 19.2 Å². The standard InChI is InChI=1S/CHN.Au.S/c1-2;;/h1H;;. The first kappa shape index (κ1) is 8.82. The van der Waals surface area contributed by atoms with Gasteiger partial charge >= 0.3 is 28.8 Å². The normalized spacial score (nSPS) is 2.00. The maximum atomic E-state index is 6.50. The minimum atomic E-state index is 1.86. The van der Waals surface area contributed by atoms with Crippen molar-refractivity contribution in [1.29, 1.82) is 5.26 Å². The van der Waals surface area contributed by atoms with Crippen LogP contribution in [0.2, 0.25) is 0 Å². The number of nitriles is 1. The Labute approximate surface area is 40.8 Å². The van der Waals surface area contributed by atoms with Crippen LogP contribution in [0.5, 0.6) is 0 Å². The first-order valence-corrected chi connectivity index (χ1v) is 3.28. The van der Waals surface area contributed by atoms with Crippen LogP contribution in [-0.2, 0) is 19.2 Å². The summed E-state index contributed by atoms with van der Waals surface area (Å²) in [6, 6.07) is 0. The van der Waals surface area contributed by atoms with Gasteiger partial charge in [-0.25, -0.2) is 5.26 Å². The molecule has 4 heavy (non-hydrogen) atoms. The van der Waals surface area contributed by atoms with Crippen LogP contribution in [0.3, 0.4) is 0 Å². The van der Waals surface area contributed by atoms with E-state index in [-0.39, 0.29) is 0 Å². The van der Waals surface area contributed by atoms with Gasteiger partial charge in [0.15, 0.2) is 0 Å². The molecule has 0 spiro atoms. The van der Waals surface area contributed by atoms with Crippen LogP contribution in [0.1, 0.15) is 0 Å². The number of hydrogen-bond donors (Lipinski definition) is 0. The molecule has 0 aliphatic rings. The second-order valence-electron chi connectivity index (χ2n) is 0. The average Bonchev–Trinajstić information content (AvgIpc) is 1.50. The Morgan fingerprint density at radius 3 is 1.50 bits per heavy atom. The summed E-state index contributed by atoms with van der Waals surface area (Å²) in [4.78, 5) is 0. The molecule has 0 aromatic heterocycles. The van der Waals surface area contributed by atoms with Gasteiger partial charge in [0.05, 0.1) is 0 Å². The molecule has 0 bridgehead atoms. The van der Waals surface area contributed by atoms with E-state index in [1.54, 1.807) is 0 Å². The molecular weight excluding hydrogens is 255 g/mol. The molecule has 0 atom stereocenters. The summed E-state index contributed by atoms with van der Waals surface area (Å²) in [6.45, 7) is 3.50. The van der Waals surface area contributed by atoms with E-state index in [1.165, 1.54) is 0 Å². The molecule has 0 aliphatic heterocycles. The van der Waals surface area contributed by atoms with Gasteiger partial charge in [-0.15, -0.1) is 0 Å². The number of rotatable bonds is 0. The summed E-state index contributed by atoms with van der Waals surface area (Å²) in [5.41, 5.74) is 0. The van der Waals surface area contributed by atoms with Crippen molar-refractivity contribution in [2.45, 2.75) is 0 Å². The van der Waals surface area contributed by atoms with Gasteiger partial charge in [-0.2, -0.15) is 0 Å². The van der Waals surface area contributed by atoms with Gasteiger partial charge in [-0.1, -0.05) is 0 Å². The quantitative estimate of drug-likeness (QED) is 0.598. The predicted molar refractivity (Wildman–Crippen MR) is 14.3 cm³/mol. The molecule has 0 heterocycles. The Bertz CT molecular complexity index is 19.2. The molecule has 0 N–H and O–H groups in total. The van der Waals surface area contributed by atoms with Crippen molar-refractivity contribution in [1.82, 2.24) is 0 Å². The average molecular weight is 256 g/mol. The molecule has 0 unspecified atom stereocenters. The molecule has 0 saturated carbocycles. The van der Waals surface area contributed by atoms with Crippen LogP contribution in [-0.4, -0.2) is 0 Å². The molecule has 0 amide bonds. The summed E-state index contributed by atoms with van der Waals surface area (Å²) in [5, 5.41) is 6.50. The summed E-state index contributed by atoms with van der Waals surface area (Å²) in [7, 11) is 4.03. The van der Waals surface area contributed by atoms with E-state index < -0.39 is 0 Å². The molecule has 0 fully saturated rings. The van der Waals surface area contributed by atoms with E-state index >= 15 is 0 Å². The van der Waals surface area contributed by atoms with Crippen molar-refractivity contribution in [2.24, 2.45) is 0 Å². The molecule has 0 aliphatic carbocycles. The van der Waals surface area contributed by atoms with E-state index in [9.17, 15) is 0 Å². The van der Waals surface area contributed by atoms with E-state index in [2.05, 4.69) is 16.1 Å². The van der Waals surface area contributed by atoms with E-state index in [0.717, 1.165) is 0 Å². The van der Waals surface area contributed by atoms with Gasteiger partial charge in [-0.3, -0.25) is 0 Å². The minimum absolute atomic E-state index is 1.86. The topological polar surface area (TPSA) is 23.8 Å². The van der Waals surface area contributed by atoms with Crippen LogP contribution in [0.4, 0.5) is 0 Å². The second kappa shape index (κ2) is 102. The van der Waals surface area contributed by atoms with Crippen molar-refractivity contribution in [3.05, 3.63) is 0 Å². The molecule has 0 rings (SSSR count). The number of hydrogen-bond acceptors (Lipinski definition) is 2. The Morgan fingerprint density at radius 2 is 1.50 bits per heavy atom. The zero-order chi connectivity index (χ0) is 4.00. The Kier molecular flexibility index (Phi) is 225. The van der Waals surface area contributed by atoms with Gasteiger partial charge in [0, 0.05) is 6.57 Å². The number of nitrogens with zero attached hydrogens (tertiary/aromatic N) is 1. The van der Waals surface area contributed by atoms with Crippen LogP contribution in [0.15, 0.2) is 0 Å². The Balaban J connectivity index is 0. The molecule has 0 saturated heterocycles. The predicted octanol–water partition coefficient (Wildman–Crippen LogP) is 0.785. The Morgan fingerprint density at radius 1 is 1.50 bits per heavy atom. The van der Waals surface area contributed by atoms with Gasteiger partial charge in [0.2, 0.25) is 0 Å². The fourth-order valence-corrected chi connectivity index (χ4v) is 0. The van der Waals surface area contributed by atoms with Crippen molar-refractivity contribution in [3.8, 4) is 6.57 Å². The summed E-state index contributed by atoms with van der Waals surface area (Å²) in [5.74, 6) is 0. The third kappa shape index (κ3) is 25.4. The second-order valence-corrected chi connectivity index (χ2v) is 0. The molecular formula is CHAuNS. The first-order valence-electron chi connectivity index (χ1n) is 0.381. The molecule has 1 nitrogen and oxygen atoms in total. The van der Waals surface area contributed by atoms with E-state index in [0.29, 0.717) is 0 Å². The monoisotopic (exact) mass is 256 g/mol. The van der Waals surface area contributed by atoms with Crippen molar-refractivity contribution in [3.63, 3.8) is 0 Å². The third-order valence-electron chi connectivity index (χ3n) is 0. The fourth-order valence-electron chi connectivity index (χ4n) is 0. The van der Waals surface area contributed by atoms with Crippen molar-refractivity contribution in [2.75, 3.05) is 0 Å². The van der Waals surface area contributed by atoms with Gasteiger partial charge < -0.3 is 0 Å². The van der Waals surface area contributed by atoms with Crippen molar-refractivity contribution >= 4 is 9.58 Å². The van der Waals surface area contributed by atoms with Gasteiger partial charge in [0.25, 0.3) is 0 Å². The van der Waals surface area contributed by atoms with Gasteiger partial charge in [0.1, 0.15) is 0 Å². The van der Waals surface area contributed by atoms with Crippen LogP contribution in [0.25, 0.3) is 0 Å². The van der Waals surface area contributed by atoms with E-state index in [4.69, 9.17) is 5.26 Å². The molecule has 0 aromatic rings. The zero-order valence-corrected chi connectivity index (χ0v) is 4.72. The van der Waals surface area contributed by atoms with Crippen LogP contribution in [0, 0.1) is 11.8 Å². The van der Waals surface area contributed by atoms with Gasteiger partial charge in [-0.05, 0) is 0 Å². The maximum absolute atomic E-state index is 6.50. The SMILES string of the molecule is C#N.[S]=[Au]. The summed E-state index contributed by atoms with van der Waals surface area (Å²) < 4.78 is 0. The molecule has 3 heteroatoms. The molecule has 0 aromatic carbocycles. The fraction of sp³-hybridized carbons (Fsp3) is 0. The Hall–Kier alpha value is 0.450. The summed E-state index contributed by atoms with van der Waals surface area (Å²) >= 11 is 1.86. The molecule has 27 valence electrons. The zero-order valence-electron chi connectivity index (χ0n) is 1.73. The first-order chi connectivity index (χ1) is 2.00. The molecule has 0 radical (unpaired) electrons. The van der Waals surface area contributed by atoms with Crippen LogP contribution >= 0.6 is 9.58 Å². The summed E-state index contributed by atoms with van der Waals surface area (Å²) in [6.07, 6.45) is 0. The van der Waals surface area contributed by atoms with Crippen LogP contribution < -0.4 is 0 Å².